The Labute approximate surface area is 326 Å². The lowest BCUT2D eigenvalue weighted by molar-refractivity contribution is 1.12. The van der Waals surface area contributed by atoms with Gasteiger partial charge in [0.2, 0.25) is 0 Å². The highest BCUT2D eigenvalue weighted by Crippen LogP contribution is 2.38. The molecule has 0 atom stereocenters. The summed E-state index contributed by atoms with van der Waals surface area (Å²) in [4.78, 5) is 5.16. The molecule has 56 heavy (non-hydrogen) atoms. The predicted octanol–water partition coefficient (Wildman–Crippen LogP) is 12.9. The van der Waals surface area contributed by atoms with Crippen molar-refractivity contribution in [3.8, 4) is 44.8 Å². The zero-order valence-electron chi connectivity index (χ0n) is 31.0. The third-order valence-corrected chi connectivity index (χ3v) is 11.6. The summed E-state index contributed by atoms with van der Waals surface area (Å²) in [6, 6.07) is 55.8. The lowest BCUT2D eigenvalue weighted by Gasteiger charge is -2.19. The first-order valence-electron chi connectivity index (χ1n) is 19.7. The number of aromatic nitrogens is 2. The lowest BCUT2D eigenvalue weighted by atomic mass is 9.84. The Kier molecular flexibility index (Phi) is 7.74. The number of allylic oxidation sites excluding steroid dienone is 6. The fourth-order valence-electron chi connectivity index (χ4n) is 8.93. The average Bonchev–Trinajstić information content (AvgIpc) is 3.44. The molecule has 0 N–H and O–H groups in total. The fourth-order valence-corrected chi connectivity index (χ4v) is 8.93. The number of rotatable bonds is 5. The van der Waals surface area contributed by atoms with Gasteiger partial charge in [0, 0.05) is 11.3 Å². The maximum atomic E-state index is 5.16. The van der Waals surface area contributed by atoms with E-state index in [4.69, 9.17) is 4.98 Å². The molecule has 0 saturated carbocycles. The van der Waals surface area contributed by atoms with E-state index in [0.29, 0.717) is 0 Å². The van der Waals surface area contributed by atoms with Crippen LogP contribution < -0.4 is 10.4 Å². The number of benzene rings is 8. The Balaban J connectivity index is 1.11. The molecule has 0 radical (unpaired) electrons. The van der Waals surface area contributed by atoms with Crippen molar-refractivity contribution in [1.82, 2.24) is 9.55 Å². The molecule has 8 aromatic carbocycles. The van der Waals surface area contributed by atoms with Crippen LogP contribution in [0.15, 0.2) is 182 Å². The molecule has 1 heterocycles. The first kappa shape index (κ1) is 32.4. The maximum Gasteiger partial charge on any atom is 0.145 e. The molecule has 264 valence electrons. The molecule has 0 fully saturated rings. The predicted molar refractivity (Wildman–Crippen MR) is 239 cm³/mol. The summed E-state index contributed by atoms with van der Waals surface area (Å²) < 4.78 is 2.30. The standard InChI is InChI=1S/C54H38N2/c1-2-4-18-45(17-3-1)56-51-22-12-11-21-50(51)55-54(56)39-27-23-38(24-28-39)42-31-32-48-49(35-42)53(44-30-26-37-14-6-8-16-41(37)34-44)47-20-10-9-19-46(47)52(48)43-29-25-36-13-5-7-15-40(36)33-43/h1-3,5-8,11-35H,4,9-10H2. The molecule has 0 bridgehead atoms. The van der Waals surface area contributed by atoms with E-state index in [-0.39, 0.29) is 0 Å². The minimum absolute atomic E-state index is 0.887. The monoisotopic (exact) mass is 714 g/mol. The lowest BCUT2D eigenvalue weighted by Crippen LogP contribution is -2.31. The summed E-state index contributed by atoms with van der Waals surface area (Å²) in [5, 5.41) is 10.3. The summed E-state index contributed by atoms with van der Waals surface area (Å²) in [5.41, 5.74) is 11.9. The quantitative estimate of drug-likeness (QED) is 0.174. The van der Waals surface area contributed by atoms with E-state index >= 15 is 0 Å². The van der Waals surface area contributed by atoms with E-state index in [1.54, 1.807) is 0 Å². The molecule has 2 heteroatoms. The van der Waals surface area contributed by atoms with Crippen molar-refractivity contribution in [3.63, 3.8) is 0 Å². The Morgan fingerprint density at radius 3 is 1.75 bits per heavy atom. The van der Waals surface area contributed by atoms with E-state index in [0.717, 1.165) is 47.4 Å². The number of imidazole rings is 1. The minimum Gasteiger partial charge on any atom is -0.293 e. The third kappa shape index (κ3) is 5.45. The molecule has 9 aromatic rings. The van der Waals surface area contributed by atoms with Gasteiger partial charge < -0.3 is 0 Å². The zero-order chi connectivity index (χ0) is 37.0. The second-order valence-electron chi connectivity index (χ2n) is 14.9. The largest absolute Gasteiger partial charge is 0.293 e. The smallest absolute Gasteiger partial charge is 0.145 e. The van der Waals surface area contributed by atoms with Crippen molar-refractivity contribution in [1.29, 1.82) is 0 Å². The Morgan fingerprint density at radius 1 is 0.446 bits per heavy atom. The van der Waals surface area contributed by atoms with Crippen LogP contribution in [0.4, 0.5) is 0 Å². The van der Waals surface area contributed by atoms with E-state index < -0.39 is 0 Å². The first-order valence-corrected chi connectivity index (χ1v) is 19.7. The maximum absolute atomic E-state index is 5.16. The minimum atomic E-state index is 0.887. The van der Waals surface area contributed by atoms with Gasteiger partial charge in [-0.3, -0.25) is 4.57 Å². The molecule has 0 aliphatic heterocycles. The van der Waals surface area contributed by atoms with Crippen LogP contribution in [0.1, 0.15) is 19.3 Å². The molecule has 2 nitrogen and oxygen atoms in total. The van der Waals surface area contributed by atoms with E-state index in [1.807, 2.05) is 0 Å². The van der Waals surface area contributed by atoms with Gasteiger partial charge in [0.25, 0.3) is 0 Å². The molecule has 11 rings (SSSR count). The molecule has 0 spiro atoms. The van der Waals surface area contributed by atoms with Gasteiger partial charge in [0.05, 0.1) is 11.0 Å². The van der Waals surface area contributed by atoms with Crippen LogP contribution in [0, 0.1) is 0 Å². The fraction of sp³-hybridized carbons (Fsp3) is 0.0556. The molecule has 2 aliphatic rings. The van der Waals surface area contributed by atoms with Crippen LogP contribution in [-0.2, 0) is 0 Å². The average molecular weight is 715 g/mol. The van der Waals surface area contributed by atoms with E-state index in [2.05, 4.69) is 199 Å². The van der Waals surface area contributed by atoms with Crippen molar-refractivity contribution < 1.29 is 0 Å². The number of nitrogens with zero attached hydrogens (tertiary/aromatic N) is 2. The molecule has 0 amide bonds. The van der Waals surface area contributed by atoms with Crippen molar-refractivity contribution in [3.05, 3.63) is 192 Å². The van der Waals surface area contributed by atoms with Crippen LogP contribution in [0.5, 0.6) is 0 Å². The van der Waals surface area contributed by atoms with Crippen LogP contribution in [0.2, 0.25) is 0 Å². The van der Waals surface area contributed by atoms with Gasteiger partial charge in [0.1, 0.15) is 5.82 Å². The zero-order valence-corrected chi connectivity index (χ0v) is 31.0. The second kappa shape index (κ2) is 13.4. The molecule has 2 aliphatic carbocycles. The normalized spacial score (nSPS) is 13.8. The van der Waals surface area contributed by atoms with E-state index in [1.165, 1.54) is 76.1 Å². The Hall–Kier alpha value is -7.03. The number of para-hydroxylation sites is 2. The summed E-state index contributed by atoms with van der Waals surface area (Å²) in [6.45, 7) is 0. The van der Waals surface area contributed by atoms with Crippen molar-refractivity contribution in [2.24, 2.45) is 0 Å². The highest BCUT2D eigenvalue weighted by atomic mass is 15.1. The summed E-state index contributed by atoms with van der Waals surface area (Å²) in [7, 11) is 0. The van der Waals surface area contributed by atoms with Crippen molar-refractivity contribution in [2.45, 2.75) is 19.3 Å². The number of fused-ring (bicyclic) bond motifs is 5. The number of hydrogen-bond donors (Lipinski definition) is 0. The van der Waals surface area contributed by atoms with Gasteiger partial charge in [-0.25, -0.2) is 4.98 Å². The van der Waals surface area contributed by atoms with Crippen molar-refractivity contribution in [2.75, 3.05) is 0 Å². The van der Waals surface area contributed by atoms with Gasteiger partial charge in [0.15, 0.2) is 0 Å². The van der Waals surface area contributed by atoms with Gasteiger partial charge in [-0.15, -0.1) is 0 Å². The summed E-state index contributed by atoms with van der Waals surface area (Å²) >= 11 is 0. The Morgan fingerprint density at radius 2 is 1.04 bits per heavy atom. The highest BCUT2D eigenvalue weighted by Gasteiger charge is 2.19. The van der Waals surface area contributed by atoms with Gasteiger partial charge in [-0.2, -0.15) is 0 Å². The Bertz CT molecular complexity index is 3260. The topological polar surface area (TPSA) is 17.8 Å². The number of hydrogen-bond acceptors (Lipinski definition) is 1. The van der Waals surface area contributed by atoms with Crippen molar-refractivity contribution >= 4 is 61.2 Å². The van der Waals surface area contributed by atoms with Crippen LogP contribution in [0.3, 0.4) is 0 Å². The molecule has 0 unspecified atom stereocenters. The van der Waals surface area contributed by atoms with Gasteiger partial charge in [-0.05, 0) is 132 Å². The SMILES string of the molecule is C1=CCC=C(n2c(-c3ccc(-c4ccc5c(-c6ccc7ccccc7c6)c6c(c(-c7ccc8ccccc8c7)c5c4)=CCCC=6)cc3)nc3ccccc32)C=C1. The molecular weight excluding hydrogens is 677 g/mol. The van der Waals surface area contributed by atoms with Crippen LogP contribution in [-0.4, -0.2) is 9.55 Å². The summed E-state index contributed by atoms with van der Waals surface area (Å²) in [6.07, 6.45) is 18.8. The third-order valence-electron chi connectivity index (χ3n) is 11.6. The van der Waals surface area contributed by atoms with Gasteiger partial charge in [-0.1, -0.05) is 158 Å². The highest BCUT2D eigenvalue weighted by molar-refractivity contribution is 6.09. The van der Waals surface area contributed by atoms with Crippen LogP contribution in [0.25, 0.3) is 106 Å². The van der Waals surface area contributed by atoms with Crippen LogP contribution >= 0.6 is 0 Å². The van der Waals surface area contributed by atoms with Gasteiger partial charge >= 0.3 is 0 Å². The second-order valence-corrected chi connectivity index (χ2v) is 14.9. The van der Waals surface area contributed by atoms with E-state index in [9.17, 15) is 0 Å². The molecule has 1 aromatic heterocycles. The summed E-state index contributed by atoms with van der Waals surface area (Å²) in [5.74, 6) is 0.950. The molecular formula is C54H38N2. The molecule has 0 saturated heterocycles. The first-order chi connectivity index (χ1) is 27.8.